The topological polar surface area (TPSA) is 66.4 Å². The van der Waals surface area contributed by atoms with Crippen LogP contribution >= 0.6 is 34.5 Å². The van der Waals surface area contributed by atoms with Crippen LogP contribution in [0.1, 0.15) is 0 Å². The minimum absolute atomic E-state index is 0.0803. The van der Waals surface area contributed by atoms with Gasteiger partial charge in [0.15, 0.2) is 6.10 Å². The van der Waals surface area contributed by atoms with Crippen molar-refractivity contribution in [1.29, 1.82) is 0 Å². The molecule has 0 aromatic carbocycles. The second kappa shape index (κ2) is 5.51. The second-order valence-corrected chi connectivity index (χ2v) is 7.12. The fourth-order valence-corrected chi connectivity index (χ4v) is 4.08. The van der Waals surface area contributed by atoms with Crippen LogP contribution in [-0.2, 0) is 10.0 Å². The first-order chi connectivity index (χ1) is 8.04. The molecule has 4 nitrogen and oxygen atoms in total. The highest BCUT2D eigenvalue weighted by atomic mass is 35.5. The summed E-state index contributed by atoms with van der Waals surface area (Å²) in [5.41, 5.74) is 0. The van der Waals surface area contributed by atoms with Crippen molar-refractivity contribution in [2.45, 2.75) is 17.2 Å². The second-order valence-electron chi connectivity index (χ2n) is 3.10. The van der Waals surface area contributed by atoms with Gasteiger partial charge in [0.1, 0.15) is 9.23 Å². The molecule has 1 aromatic heterocycles. The Labute approximate surface area is 114 Å². The van der Waals surface area contributed by atoms with Gasteiger partial charge in [0.2, 0.25) is 10.0 Å². The van der Waals surface area contributed by atoms with Crippen LogP contribution < -0.4 is 4.72 Å². The SMILES string of the molecule is O=S(=O)(NCC(O)C(F)(F)F)c1cc(Cl)sc1Cl. The minimum atomic E-state index is -4.90. The molecule has 2 N–H and O–H groups in total. The highest BCUT2D eigenvalue weighted by Crippen LogP contribution is 2.34. The summed E-state index contributed by atoms with van der Waals surface area (Å²) in [6.07, 6.45) is -7.70. The number of rotatable bonds is 4. The van der Waals surface area contributed by atoms with Crippen LogP contribution in [0.4, 0.5) is 13.2 Å². The molecule has 0 amide bonds. The van der Waals surface area contributed by atoms with E-state index in [2.05, 4.69) is 0 Å². The molecule has 0 spiro atoms. The third kappa shape index (κ3) is 3.97. The summed E-state index contributed by atoms with van der Waals surface area (Å²) in [6, 6.07) is 1.01. The van der Waals surface area contributed by atoms with Crippen LogP contribution in [0.25, 0.3) is 0 Å². The van der Waals surface area contributed by atoms with E-state index in [0.717, 1.165) is 17.4 Å². The molecule has 18 heavy (non-hydrogen) atoms. The van der Waals surface area contributed by atoms with Crippen LogP contribution in [0, 0.1) is 0 Å². The van der Waals surface area contributed by atoms with Crippen molar-refractivity contribution in [2.24, 2.45) is 0 Å². The molecule has 104 valence electrons. The molecule has 0 fully saturated rings. The number of halogens is 5. The average Bonchev–Trinajstić information content (AvgIpc) is 2.53. The molecule has 0 aliphatic carbocycles. The summed E-state index contributed by atoms with van der Waals surface area (Å²) >= 11 is 11.8. The van der Waals surface area contributed by atoms with Gasteiger partial charge in [-0.25, -0.2) is 13.1 Å². The number of alkyl halides is 3. The molecule has 1 rings (SSSR count). The van der Waals surface area contributed by atoms with Crippen LogP contribution in [0.2, 0.25) is 8.67 Å². The van der Waals surface area contributed by atoms with Crippen molar-refractivity contribution < 1.29 is 26.7 Å². The summed E-state index contributed by atoms with van der Waals surface area (Å²) in [4.78, 5) is -0.423. The molecule has 1 unspecified atom stereocenters. The zero-order valence-electron chi connectivity index (χ0n) is 8.33. The monoisotopic (exact) mass is 343 g/mol. The standard InChI is InChI=1S/C7H6Cl2F3NO3S2/c8-5-1-3(6(9)17-5)18(15,16)13-2-4(14)7(10,11)12/h1,4,13-14H,2H2. The fourth-order valence-electron chi connectivity index (χ4n) is 0.891. The van der Waals surface area contributed by atoms with Crippen molar-refractivity contribution in [1.82, 2.24) is 4.72 Å². The van der Waals surface area contributed by atoms with Gasteiger partial charge in [0.25, 0.3) is 0 Å². The number of hydrogen-bond donors (Lipinski definition) is 2. The third-order valence-electron chi connectivity index (χ3n) is 1.76. The quantitative estimate of drug-likeness (QED) is 0.881. The first-order valence-electron chi connectivity index (χ1n) is 4.23. The van der Waals surface area contributed by atoms with Crippen LogP contribution in [0.5, 0.6) is 0 Å². The van der Waals surface area contributed by atoms with Gasteiger partial charge in [-0.3, -0.25) is 0 Å². The van der Waals surface area contributed by atoms with Gasteiger partial charge in [-0.05, 0) is 6.07 Å². The van der Waals surface area contributed by atoms with E-state index in [0.29, 0.717) is 0 Å². The van der Waals surface area contributed by atoms with E-state index in [1.807, 2.05) is 0 Å². The maximum absolute atomic E-state index is 12.0. The highest BCUT2D eigenvalue weighted by Gasteiger charge is 2.39. The van der Waals surface area contributed by atoms with E-state index in [-0.39, 0.29) is 8.67 Å². The smallest absolute Gasteiger partial charge is 0.382 e. The van der Waals surface area contributed by atoms with Crippen LogP contribution in [-0.4, -0.2) is 32.3 Å². The minimum Gasteiger partial charge on any atom is -0.382 e. The van der Waals surface area contributed by atoms with E-state index in [1.165, 1.54) is 0 Å². The van der Waals surface area contributed by atoms with Gasteiger partial charge < -0.3 is 5.11 Å². The molecular weight excluding hydrogens is 338 g/mol. The van der Waals surface area contributed by atoms with Gasteiger partial charge in [-0.2, -0.15) is 13.2 Å². The summed E-state index contributed by atoms with van der Waals surface area (Å²) in [7, 11) is -4.24. The first-order valence-corrected chi connectivity index (χ1v) is 7.29. The maximum Gasteiger partial charge on any atom is 0.415 e. The lowest BCUT2D eigenvalue weighted by atomic mass is 10.4. The Kier molecular flexibility index (Phi) is 4.90. The molecule has 0 saturated carbocycles. The van der Waals surface area contributed by atoms with Crippen molar-refractivity contribution in [2.75, 3.05) is 6.54 Å². The Morgan fingerprint density at radius 1 is 1.44 bits per heavy atom. The number of nitrogens with one attached hydrogen (secondary N) is 1. The maximum atomic E-state index is 12.0. The Hall–Kier alpha value is -0.0600. The Morgan fingerprint density at radius 2 is 2.00 bits per heavy atom. The van der Waals surface area contributed by atoms with Crippen molar-refractivity contribution in [3.05, 3.63) is 14.7 Å². The lowest BCUT2D eigenvalue weighted by Crippen LogP contribution is -2.40. The van der Waals surface area contributed by atoms with Crippen LogP contribution in [0.15, 0.2) is 11.0 Å². The number of aliphatic hydroxyl groups excluding tert-OH is 1. The zero-order valence-corrected chi connectivity index (χ0v) is 11.5. The Bertz CT molecular complexity index is 529. The predicted octanol–water partition coefficient (Wildman–Crippen LogP) is 2.26. The number of sulfonamides is 1. The third-order valence-corrected chi connectivity index (χ3v) is 4.94. The van der Waals surface area contributed by atoms with Gasteiger partial charge in [0.05, 0.1) is 4.34 Å². The summed E-state index contributed by atoms with van der Waals surface area (Å²) in [6.45, 7) is -1.20. The van der Waals surface area contributed by atoms with Crippen molar-refractivity contribution >= 4 is 44.6 Å². The molecule has 0 aliphatic rings. The molecule has 1 atom stereocenters. The molecule has 0 radical (unpaired) electrons. The van der Waals surface area contributed by atoms with Crippen molar-refractivity contribution in [3.63, 3.8) is 0 Å². The van der Waals surface area contributed by atoms with E-state index < -0.39 is 33.7 Å². The number of aliphatic hydroxyl groups is 1. The highest BCUT2D eigenvalue weighted by molar-refractivity contribution is 7.89. The molecule has 0 aliphatic heterocycles. The van der Waals surface area contributed by atoms with Gasteiger partial charge in [-0.15, -0.1) is 11.3 Å². The summed E-state index contributed by atoms with van der Waals surface area (Å²) in [5.74, 6) is 0. The summed E-state index contributed by atoms with van der Waals surface area (Å²) in [5, 5.41) is 8.66. The molecular formula is C7H6Cl2F3NO3S2. The lowest BCUT2D eigenvalue weighted by Gasteiger charge is -2.14. The molecule has 11 heteroatoms. The first kappa shape index (κ1) is 16.0. The molecule has 1 aromatic rings. The average molecular weight is 344 g/mol. The van der Waals surface area contributed by atoms with Gasteiger partial charge >= 0.3 is 6.18 Å². The normalized spacial score (nSPS) is 14.8. The zero-order chi connectivity index (χ0) is 14.1. The summed E-state index contributed by atoms with van der Waals surface area (Å²) < 4.78 is 60.6. The van der Waals surface area contributed by atoms with E-state index in [1.54, 1.807) is 4.72 Å². The Balaban J connectivity index is 2.81. The van der Waals surface area contributed by atoms with Crippen molar-refractivity contribution in [3.8, 4) is 0 Å². The lowest BCUT2D eigenvalue weighted by molar-refractivity contribution is -0.200. The molecule has 0 bridgehead atoms. The van der Waals surface area contributed by atoms with E-state index in [4.69, 9.17) is 28.3 Å². The van der Waals surface area contributed by atoms with Crippen LogP contribution in [0.3, 0.4) is 0 Å². The Morgan fingerprint density at radius 3 is 2.39 bits per heavy atom. The molecule has 1 heterocycles. The molecule has 0 saturated heterocycles. The number of thiophene rings is 1. The predicted molar refractivity (Wildman–Crippen MR) is 61.6 cm³/mol. The number of hydrogen-bond acceptors (Lipinski definition) is 4. The van der Waals surface area contributed by atoms with Gasteiger partial charge in [0, 0.05) is 6.54 Å². The largest absolute Gasteiger partial charge is 0.415 e. The van der Waals surface area contributed by atoms with E-state index in [9.17, 15) is 21.6 Å². The van der Waals surface area contributed by atoms with E-state index >= 15 is 0 Å². The van der Waals surface area contributed by atoms with Gasteiger partial charge in [-0.1, -0.05) is 23.2 Å². The fraction of sp³-hybridized carbons (Fsp3) is 0.429.